The summed E-state index contributed by atoms with van der Waals surface area (Å²) < 4.78 is 0. The lowest BCUT2D eigenvalue weighted by molar-refractivity contribution is 0.131. The Kier molecular flexibility index (Phi) is 3.25. The van der Waals surface area contributed by atoms with E-state index in [1.165, 1.54) is 16.5 Å². The van der Waals surface area contributed by atoms with Crippen LogP contribution in [0, 0.1) is 11.3 Å². The highest BCUT2D eigenvalue weighted by Gasteiger charge is 2.24. The number of benzene rings is 1. The number of nitrogens with one attached hydrogen (secondary N) is 1. The number of fused-ring (bicyclic) bond motifs is 1. The molecule has 1 aromatic carbocycles. The highest BCUT2D eigenvalue weighted by molar-refractivity contribution is 5.83. The van der Waals surface area contributed by atoms with Crippen LogP contribution in [-0.4, -0.2) is 16.7 Å². The fourth-order valence-corrected chi connectivity index (χ4v) is 2.21. The lowest BCUT2D eigenvalue weighted by Gasteiger charge is -2.28. The quantitative estimate of drug-likeness (QED) is 0.834. The highest BCUT2D eigenvalue weighted by Crippen LogP contribution is 2.30. The van der Waals surface area contributed by atoms with E-state index in [1.54, 1.807) is 0 Å². The first-order valence-electron chi connectivity index (χ1n) is 6.18. The van der Waals surface area contributed by atoms with Crippen LogP contribution in [0.15, 0.2) is 30.5 Å². The van der Waals surface area contributed by atoms with Crippen molar-refractivity contribution in [3.63, 3.8) is 0 Å². The van der Waals surface area contributed by atoms with Gasteiger partial charge < -0.3 is 10.1 Å². The van der Waals surface area contributed by atoms with Gasteiger partial charge in [-0.2, -0.15) is 0 Å². The molecule has 2 aromatic rings. The van der Waals surface area contributed by atoms with Gasteiger partial charge in [0.1, 0.15) is 0 Å². The van der Waals surface area contributed by atoms with Crippen molar-refractivity contribution in [1.82, 2.24) is 4.98 Å². The summed E-state index contributed by atoms with van der Waals surface area (Å²) in [4.78, 5) is 3.29. The van der Waals surface area contributed by atoms with Gasteiger partial charge in [0.25, 0.3) is 0 Å². The highest BCUT2D eigenvalue weighted by atomic mass is 16.3. The summed E-state index contributed by atoms with van der Waals surface area (Å²) in [5.74, 6) is 0.293. The second-order valence-electron chi connectivity index (χ2n) is 5.81. The summed E-state index contributed by atoms with van der Waals surface area (Å²) in [6, 6.07) is 8.32. The van der Waals surface area contributed by atoms with Gasteiger partial charge in [-0.1, -0.05) is 39.0 Å². The zero-order chi connectivity index (χ0) is 12.5. The van der Waals surface area contributed by atoms with Crippen LogP contribution in [0.4, 0.5) is 0 Å². The van der Waals surface area contributed by atoms with E-state index in [0.717, 1.165) is 6.42 Å². The fraction of sp³-hybridized carbons (Fsp3) is 0.467. The summed E-state index contributed by atoms with van der Waals surface area (Å²) >= 11 is 0. The van der Waals surface area contributed by atoms with Gasteiger partial charge in [-0.3, -0.25) is 0 Å². The molecular weight excluding hydrogens is 210 g/mol. The largest absolute Gasteiger partial charge is 0.396 e. The maximum atomic E-state index is 9.52. The topological polar surface area (TPSA) is 36.0 Å². The summed E-state index contributed by atoms with van der Waals surface area (Å²) in [6.45, 7) is 6.79. The minimum Gasteiger partial charge on any atom is -0.396 e. The molecule has 2 nitrogen and oxygen atoms in total. The summed E-state index contributed by atoms with van der Waals surface area (Å²) in [5, 5.41) is 10.8. The maximum absolute atomic E-state index is 9.52. The first-order valence-corrected chi connectivity index (χ1v) is 6.18. The molecule has 0 aliphatic heterocycles. The van der Waals surface area contributed by atoms with Gasteiger partial charge in [0.2, 0.25) is 0 Å². The Morgan fingerprint density at radius 3 is 2.59 bits per heavy atom. The van der Waals surface area contributed by atoms with Crippen LogP contribution in [0.25, 0.3) is 10.9 Å². The van der Waals surface area contributed by atoms with E-state index in [4.69, 9.17) is 0 Å². The number of hydrogen-bond acceptors (Lipinski definition) is 1. The SMILES string of the molecule is CC(C)(C)C(CO)Cc1c[nH]c2ccccc12. The van der Waals surface area contributed by atoms with E-state index in [2.05, 4.69) is 50.2 Å². The van der Waals surface area contributed by atoms with Crippen LogP contribution in [-0.2, 0) is 6.42 Å². The molecule has 92 valence electrons. The third-order valence-corrected chi connectivity index (χ3v) is 3.59. The first kappa shape index (κ1) is 12.2. The minimum absolute atomic E-state index is 0.132. The van der Waals surface area contributed by atoms with Gasteiger partial charge in [0, 0.05) is 23.7 Å². The van der Waals surface area contributed by atoms with E-state index >= 15 is 0 Å². The zero-order valence-electron chi connectivity index (χ0n) is 10.8. The number of hydrogen-bond donors (Lipinski definition) is 2. The van der Waals surface area contributed by atoms with E-state index < -0.39 is 0 Å². The van der Waals surface area contributed by atoms with Crippen LogP contribution in [0.3, 0.4) is 0 Å². The lowest BCUT2D eigenvalue weighted by Crippen LogP contribution is -2.25. The molecule has 0 aliphatic rings. The molecule has 0 bridgehead atoms. The molecule has 0 aliphatic carbocycles. The zero-order valence-corrected chi connectivity index (χ0v) is 10.8. The van der Waals surface area contributed by atoms with Crippen LogP contribution in [0.5, 0.6) is 0 Å². The second kappa shape index (κ2) is 4.53. The molecule has 0 radical (unpaired) electrons. The molecule has 2 heteroatoms. The molecule has 1 aromatic heterocycles. The molecule has 1 atom stereocenters. The molecule has 1 unspecified atom stereocenters. The molecule has 0 saturated heterocycles. The van der Waals surface area contributed by atoms with Gasteiger partial charge in [-0.05, 0) is 29.4 Å². The molecule has 17 heavy (non-hydrogen) atoms. The number of para-hydroxylation sites is 1. The Morgan fingerprint density at radius 1 is 1.24 bits per heavy atom. The third kappa shape index (κ3) is 2.52. The van der Waals surface area contributed by atoms with Crippen molar-refractivity contribution < 1.29 is 5.11 Å². The Morgan fingerprint density at radius 2 is 1.94 bits per heavy atom. The van der Waals surface area contributed by atoms with Gasteiger partial charge in [0.15, 0.2) is 0 Å². The predicted octanol–water partition coefficient (Wildman–Crippen LogP) is 3.37. The molecule has 0 saturated carbocycles. The number of aromatic nitrogens is 1. The average Bonchev–Trinajstić information content (AvgIpc) is 2.67. The van der Waals surface area contributed by atoms with Crippen molar-refractivity contribution in [3.05, 3.63) is 36.0 Å². The second-order valence-corrected chi connectivity index (χ2v) is 5.81. The number of aromatic amines is 1. The monoisotopic (exact) mass is 231 g/mol. The van der Waals surface area contributed by atoms with Crippen molar-refractivity contribution in [1.29, 1.82) is 0 Å². The van der Waals surface area contributed by atoms with E-state index in [-0.39, 0.29) is 12.0 Å². The Hall–Kier alpha value is -1.28. The fourth-order valence-electron chi connectivity index (χ4n) is 2.21. The number of aliphatic hydroxyl groups is 1. The smallest absolute Gasteiger partial charge is 0.0467 e. The minimum atomic E-state index is 0.132. The normalized spacial score (nSPS) is 14.1. The van der Waals surface area contributed by atoms with Crippen LogP contribution >= 0.6 is 0 Å². The first-order chi connectivity index (χ1) is 8.02. The number of aliphatic hydroxyl groups excluding tert-OH is 1. The maximum Gasteiger partial charge on any atom is 0.0467 e. The molecule has 1 heterocycles. The molecule has 0 fully saturated rings. The van der Waals surface area contributed by atoms with Gasteiger partial charge >= 0.3 is 0 Å². The molecule has 0 amide bonds. The van der Waals surface area contributed by atoms with E-state index in [9.17, 15) is 5.11 Å². The van der Waals surface area contributed by atoms with Gasteiger partial charge in [-0.15, -0.1) is 0 Å². The predicted molar refractivity (Wildman–Crippen MR) is 72.0 cm³/mol. The Balaban J connectivity index is 2.29. The standard InChI is InChI=1S/C15H21NO/c1-15(2,3)12(10-17)8-11-9-16-14-7-5-4-6-13(11)14/h4-7,9,12,16-17H,8,10H2,1-3H3. The van der Waals surface area contributed by atoms with E-state index in [1.807, 2.05) is 6.07 Å². The van der Waals surface area contributed by atoms with Gasteiger partial charge in [0.05, 0.1) is 0 Å². The molecule has 2 N–H and O–H groups in total. The van der Waals surface area contributed by atoms with Crippen LogP contribution in [0.1, 0.15) is 26.3 Å². The third-order valence-electron chi connectivity index (χ3n) is 3.59. The van der Waals surface area contributed by atoms with Crippen molar-refractivity contribution in [2.45, 2.75) is 27.2 Å². The molecule has 0 spiro atoms. The average molecular weight is 231 g/mol. The van der Waals surface area contributed by atoms with Crippen LogP contribution < -0.4 is 0 Å². The Labute approximate surface area is 103 Å². The van der Waals surface area contributed by atoms with Crippen LogP contribution in [0.2, 0.25) is 0 Å². The lowest BCUT2D eigenvalue weighted by atomic mass is 9.78. The van der Waals surface area contributed by atoms with Crippen molar-refractivity contribution in [2.75, 3.05) is 6.61 Å². The molecule has 2 rings (SSSR count). The van der Waals surface area contributed by atoms with Crippen molar-refractivity contribution in [2.24, 2.45) is 11.3 Å². The van der Waals surface area contributed by atoms with Crippen molar-refractivity contribution >= 4 is 10.9 Å². The van der Waals surface area contributed by atoms with E-state index in [0.29, 0.717) is 5.92 Å². The van der Waals surface area contributed by atoms with Gasteiger partial charge in [-0.25, -0.2) is 0 Å². The number of H-pyrrole nitrogens is 1. The Bertz CT molecular complexity index is 493. The summed E-state index contributed by atoms with van der Waals surface area (Å²) in [7, 11) is 0. The van der Waals surface area contributed by atoms with Crippen molar-refractivity contribution in [3.8, 4) is 0 Å². The summed E-state index contributed by atoms with van der Waals surface area (Å²) in [5.41, 5.74) is 2.61. The number of rotatable bonds is 3. The molecular formula is C15H21NO. The summed E-state index contributed by atoms with van der Waals surface area (Å²) in [6.07, 6.45) is 2.99.